The van der Waals surface area contributed by atoms with Gasteiger partial charge in [-0.15, -0.1) is 0 Å². The number of fused-ring (bicyclic) bond motifs is 1. The molecule has 0 aliphatic heterocycles. The molecule has 116 valence electrons. The fourth-order valence-electron chi connectivity index (χ4n) is 1.96. The highest BCUT2D eigenvalue weighted by Gasteiger charge is 2.17. The van der Waals surface area contributed by atoms with E-state index in [4.69, 9.17) is 17.3 Å². The summed E-state index contributed by atoms with van der Waals surface area (Å²) in [4.78, 5) is 26.8. The first kappa shape index (κ1) is 15.2. The van der Waals surface area contributed by atoms with Crippen molar-refractivity contribution in [3.8, 4) is 0 Å². The zero-order valence-corrected chi connectivity index (χ0v) is 13.0. The Morgan fingerprint density at radius 1 is 1.30 bits per heavy atom. The number of nitro groups is 1. The van der Waals surface area contributed by atoms with Gasteiger partial charge in [0.05, 0.1) is 25.7 Å². The van der Waals surface area contributed by atoms with E-state index in [0.29, 0.717) is 16.3 Å². The van der Waals surface area contributed by atoms with Gasteiger partial charge >= 0.3 is 0 Å². The number of aromatic nitrogens is 1. The highest BCUT2D eigenvalue weighted by atomic mass is 35.5. The second-order valence-corrected chi connectivity index (χ2v) is 6.06. The molecule has 0 spiro atoms. The number of nitrogens with one attached hydrogen (secondary N) is 1. The number of benzene rings is 2. The number of anilines is 2. The smallest absolute Gasteiger partial charge is 0.270 e. The number of non-ortho nitro benzene ring substituents is 1. The molecule has 9 heteroatoms. The Bertz CT molecular complexity index is 941. The number of nitrogens with two attached hydrogens (primary N) is 1. The lowest BCUT2D eigenvalue weighted by molar-refractivity contribution is -0.384. The lowest BCUT2D eigenvalue weighted by atomic mass is 10.2. The molecular weight excluding hydrogens is 340 g/mol. The monoisotopic (exact) mass is 348 g/mol. The summed E-state index contributed by atoms with van der Waals surface area (Å²) in [5, 5.41) is 13.9. The summed E-state index contributed by atoms with van der Waals surface area (Å²) in [6, 6.07) is 8.89. The van der Waals surface area contributed by atoms with Crippen molar-refractivity contribution in [2.45, 2.75) is 0 Å². The van der Waals surface area contributed by atoms with Gasteiger partial charge in [0.15, 0.2) is 5.13 Å². The zero-order valence-electron chi connectivity index (χ0n) is 11.4. The van der Waals surface area contributed by atoms with E-state index in [9.17, 15) is 14.9 Å². The van der Waals surface area contributed by atoms with Gasteiger partial charge in [-0.3, -0.25) is 20.2 Å². The molecule has 3 rings (SSSR count). The summed E-state index contributed by atoms with van der Waals surface area (Å²) in [5.74, 6) is -0.564. The summed E-state index contributed by atoms with van der Waals surface area (Å²) in [5.41, 5.74) is 6.80. The SMILES string of the molecule is Nc1ccc2nc(NC(=O)c3cc([N+](=O)[O-])ccc3Cl)sc2c1. The summed E-state index contributed by atoms with van der Waals surface area (Å²) < 4.78 is 0.824. The molecule has 3 N–H and O–H groups in total. The van der Waals surface area contributed by atoms with Crippen LogP contribution in [0.2, 0.25) is 5.02 Å². The summed E-state index contributed by atoms with van der Waals surface area (Å²) in [6.45, 7) is 0. The highest BCUT2D eigenvalue weighted by molar-refractivity contribution is 7.22. The standard InChI is InChI=1S/C14H9ClN4O3S/c15-10-3-2-8(19(21)22)6-9(10)13(20)18-14-17-11-4-1-7(16)5-12(11)23-14/h1-6H,16H2,(H,17,18,20). The average Bonchev–Trinajstić information content (AvgIpc) is 2.88. The topological polar surface area (TPSA) is 111 Å². The van der Waals surface area contributed by atoms with Gasteiger partial charge in [-0.1, -0.05) is 22.9 Å². The van der Waals surface area contributed by atoms with Crippen LogP contribution in [0.3, 0.4) is 0 Å². The molecule has 0 radical (unpaired) electrons. The quantitative estimate of drug-likeness (QED) is 0.426. The van der Waals surface area contributed by atoms with E-state index >= 15 is 0 Å². The number of nitro benzene ring substituents is 1. The number of nitrogen functional groups attached to an aromatic ring is 1. The molecule has 7 nitrogen and oxygen atoms in total. The Morgan fingerprint density at radius 3 is 2.83 bits per heavy atom. The van der Waals surface area contributed by atoms with Crippen LogP contribution in [-0.4, -0.2) is 15.8 Å². The van der Waals surface area contributed by atoms with Crippen molar-refractivity contribution in [2.24, 2.45) is 0 Å². The van der Waals surface area contributed by atoms with Gasteiger partial charge in [-0.05, 0) is 24.3 Å². The van der Waals surface area contributed by atoms with Crippen LogP contribution in [0.1, 0.15) is 10.4 Å². The third-order valence-electron chi connectivity index (χ3n) is 3.04. The van der Waals surface area contributed by atoms with Crippen LogP contribution in [0.25, 0.3) is 10.2 Å². The molecule has 0 unspecified atom stereocenters. The number of carbonyl (C=O) groups excluding carboxylic acids is 1. The minimum atomic E-state index is -0.590. The van der Waals surface area contributed by atoms with Crippen LogP contribution in [-0.2, 0) is 0 Å². The van der Waals surface area contributed by atoms with E-state index in [1.165, 1.54) is 23.5 Å². The summed E-state index contributed by atoms with van der Waals surface area (Å²) in [7, 11) is 0. The minimum absolute atomic E-state index is 0.0136. The van der Waals surface area contributed by atoms with Gasteiger partial charge in [0.25, 0.3) is 11.6 Å². The Hall–Kier alpha value is -2.71. The van der Waals surface area contributed by atoms with Gasteiger partial charge in [0.1, 0.15) is 0 Å². The molecule has 0 bridgehead atoms. The maximum absolute atomic E-state index is 12.3. The number of hydrogen-bond donors (Lipinski definition) is 2. The van der Waals surface area contributed by atoms with Crippen molar-refractivity contribution in [2.75, 3.05) is 11.1 Å². The van der Waals surface area contributed by atoms with Gasteiger partial charge in [0, 0.05) is 17.8 Å². The largest absolute Gasteiger partial charge is 0.399 e. The first-order valence-corrected chi connectivity index (χ1v) is 7.55. The maximum Gasteiger partial charge on any atom is 0.270 e. The van der Waals surface area contributed by atoms with Gasteiger partial charge < -0.3 is 5.73 Å². The predicted octanol–water partition coefficient (Wildman–Crippen LogP) is 3.69. The van der Waals surface area contributed by atoms with Crippen LogP contribution >= 0.6 is 22.9 Å². The van der Waals surface area contributed by atoms with Crippen molar-refractivity contribution in [1.82, 2.24) is 4.98 Å². The number of thiazole rings is 1. The molecule has 0 atom stereocenters. The molecule has 1 aromatic heterocycles. The predicted molar refractivity (Wildman–Crippen MR) is 90.1 cm³/mol. The fourth-order valence-corrected chi connectivity index (χ4v) is 3.07. The molecule has 1 heterocycles. The van der Waals surface area contributed by atoms with Crippen LogP contribution in [0.5, 0.6) is 0 Å². The second-order valence-electron chi connectivity index (χ2n) is 4.62. The first-order valence-electron chi connectivity index (χ1n) is 6.35. The number of hydrogen-bond acceptors (Lipinski definition) is 6. The third-order valence-corrected chi connectivity index (χ3v) is 4.30. The number of rotatable bonds is 3. The molecule has 0 fully saturated rings. The van der Waals surface area contributed by atoms with E-state index in [1.54, 1.807) is 18.2 Å². The van der Waals surface area contributed by atoms with E-state index in [0.717, 1.165) is 10.8 Å². The molecule has 1 amide bonds. The maximum atomic E-state index is 12.3. The summed E-state index contributed by atoms with van der Waals surface area (Å²) in [6.07, 6.45) is 0. The Kier molecular flexibility index (Phi) is 3.85. The van der Waals surface area contributed by atoms with E-state index in [1.807, 2.05) is 0 Å². The first-order chi connectivity index (χ1) is 10.9. The molecule has 3 aromatic rings. The van der Waals surface area contributed by atoms with E-state index < -0.39 is 10.8 Å². The number of nitrogens with zero attached hydrogens (tertiary/aromatic N) is 2. The molecular formula is C14H9ClN4O3S. The van der Waals surface area contributed by atoms with Crippen LogP contribution in [0.4, 0.5) is 16.5 Å². The van der Waals surface area contributed by atoms with Crippen LogP contribution in [0, 0.1) is 10.1 Å². The molecule has 2 aromatic carbocycles. The average molecular weight is 349 g/mol. The molecule has 0 aliphatic carbocycles. The Morgan fingerprint density at radius 2 is 2.09 bits per heavy atom. The normalized spacial score (nSPS) is 10.7. The lowest BCUT2D eigenvalue weighted by Crippen LogP contribution is -2.12. The van der Waals surface area contributed by atoms with Crippen molar-refractivity contribution < 1.29 is 9.72 Å². The molecule has 0 aliphatic rings. The van der Waals surface area contributed by atoms with Crippen molar-refractivity contribution >= 4 is 55.6 Å². The Balaban J connectivity index is 1.91. The van der Waals surface area contributed by atoms with E-state index in [2.05, 4.69) is 10.3 Å². The molecule has 0 saturated carbocycles. The zero-order chi connectivity index (χ0) is 16.6. The molecule has 23 heavy (non-hydrogen) atoms. The number of carbonyl (C=O) groups is 1. The second kappa shape index (κ2) is 5.82. The van der Waals surface area contributed by atoms with Crippen LogP contribution < -0.4 is 11.1 Å². The third kappa shape index (κ3) is 3.08. The number of halogens is 1. The van der Waals surface area contributed by atoms with Crippen LogP contribution in [0.15, 0.2) is 36.4 Å². The van der Waals surface area contributed by atoms with Gasteiger partial charge in [-0.25, -0.2) is 4.98 Å². The lowest BCUT2D eigenvalue weighted by Gasteiger charge is -2.03. The fraction of sp³-hybridized carbons (Fsp3) is 0. The van der Waals surface area contributed by atoms with Crippen molar-refractivity contribution in [1.29, 1.82) is 0 Å². The molecule has 0 saturated heterocycles. The highest BCUT2D eigenvalue weighted by Crippen LogP contribution is 2.29. The number of amides is 1. The van der Waals surface area contributed by atoms with Crippen molar-refractivity contribution in [3.05, 3.63) is 57.1 Å². The van der Waals surface area contributed by atoms with Gasteiger partial charge in [-0.2, -0.15) is 0 Å². The minimum Gasteiger partial charge on any atom is -0.399 e. The Labute approximate surface area is 138 Å². The van der Waals surface area contributed by atoms with E-state index in [-0.39, 0.29) is 16.3 Å². The summed E-state index contributed by atoms with van der Waals surface area (Å²) >= 11 is 7.20. The van der Waals surface area contributed by atoms with Gasteiger partial charge in [0.2, 0.25) is 0 Å². The van der Waals surface area contributed by atoms with Crippen molar-refractivity contribution in [3.63, 3.8) is 0 Å².